The lowest BCUT2D eigenvalue weighted by molar-refractivity contribution is 0.109. The smallest absolute Gasteiger partial charge is 0.119 e. The monoisotopic (exact) mass is 279 g/mol. The first-order valence-corrected chi connectivity index (χ1v) is 7.30. The molecular weight excluding hydrogens is 250 g/mol. The van der Waals surface area contributed by atoms with Crippen LogP contribution < -0.4 is 10.1 Å². The highest BCUT2D eigenvalue weighted by Gasteiger charge is 2.26. The van der Waals surface area contributed by atoms with Crippen LogP contribution >= 0.6 is 0 Å². The topological polar surface area (TPSA) is 41.5 Å². The van der Waals surface area contributed by atoms with E-state index in [-0.39, 0.29) is 11.6 Å². The van der Waals surface area contributed by atoms with Gasteiger partial charge in [-0.3, -0.25) is 0 Å². The molecule has 1 aromatic carbocycles. The number of methoxy groups -OCH3 is 1. The molecule has 1 rings (SSSR count). The average Bonchev–Trinajstić information content (AvgIpc) is 2.33. The first-order valence-electron chi connectivity index (χ1n) is 7.30. The van der Waals surface area contributed by atoms with Gasteiger partial charge in [0.25, 0.3) is 0 Å². The van der Waals surface area contributed by atoms with Crippen LogP contribution in [0.5, 0.6) is 5.75 Å². The molecule has 0 radical (unpaired) electrons. The first-order chi connectivity index (χ1) is 9.19. The zero-order valence-corrected chi connectivity index (χ0v) is 13.9. The van der Waals surface area contributed by atoms with Crippen molar-refractivity contribution in [3.63, 3.8) is 0 Å². The maximum Gasteiger partial charge on any atom is 0.119 e. The lowest BCUT2D eigenvalue weighted by atomic mass is 9.91. The third-order valence-corrected chi connectivity index (χ3v) is 3.54. The van der Waals surface area contributed by atoms with Gasteiger partial charge in [-0.2, -0.15) is 0 Å². The molecule has 0 aliphatic heterocycles. The summed E-state index contributed by atoms with van der Waals surface area (Å²) in [5.74, 6) is 0.841. The normalized spacial score (nSPS) is 15.0. The van der Waals surface area contributed by atoms with Crippen molar-refractivity contribution in [3.8, 4) is 5.75 Å². The number of aryl methyl sites for hydroxylation is 2. The zero-order valence-electron chi connectivity index (χ0n) is 13.9. The van der Waals surface area contributed by atoms with Crippen LogP contribution in [-0.2, 0) is 0 Å². The van der Waals surface area contributed by atoms with Gasteiger partial charge in [-0.25, -0.2) is 0 Å². The third-order valence-electron chi connectivity index (χ3n) is 3.54. The Kier molecular flexibility index (Phi) is 5.60. The van der Waals surface area contributed by atoms with Gasteiger partial charge in [0.15, 0.2) is 0 Å². The molecule has 0 fully saturated rings. The number of ether oxygens (including phenoxy) is 1. The van der Waals surface area contributed by atoms with E-state index in [1.165, 1.54) is 0 Å². The highest BCUT2D eigenvalue weighted by molar-refractivity contribution is 5.42. The minimum atomic E-state index is -0.509. The summed E-state index contributed by atoms with van der Waals surface area (Å²) in [5.41, 5.74) is 3.14. The minimum absolute atomic E-state index is 0.0179. The fourth-order valence-corrected chi connectivity index (χ4v) is 2.68. The molecular formula is C17H29NO2. The van der Waals surface area contributed by atoms with Crippen LogP contribution in [0.2, 0.25) is 0 Å². The molecule has 2 unspecified atom stereocenters. The van der Waals surface area contributed by atoms with Crippen LogP contribution in [-0.4, -0.2) is 23.8 Å². The van der Waals surface area contributed by atoms with Gasteiger partial charge in [0.1, 0.15) is 5.75 Å². The Hall–Kier alpha value is -1.06. The Balaban J connectivity index is 3.09. The van der Waals surface area contributed by atoms with Gasteiger partial charge in [-0.05, 0) is 69.9 Å². The number of hydrogen-bond acceptors (Lipinski definition) is 3. The van der Waals surface area contributed by atoms with Crippen LogP contribution in [0.15, 0.2) is 12.1 Å². The summed E-state index contributed by atoms with van der Waals surface area (Å²) in [5, 5.41) is 14.3. The second-order valence-corrected chi connectivity index (χ2v) is 6.53. The largest absolute Gasteiger partial charge is 0.497 e. The van der Waals surface area contributed by atoms with Gasteiger partial charge in [0.05, 0.1) is 13.2 Å². The van der Waals surface area contributed by atoms with E-state index < -0.39 is 6.10 Å². The van der Waals surface area contributed by atoms with Crippen molar-refractivity contribution in [1.29, 1.82) is 0 Å². The van der Waals surface area contributed by atoms with Crippen molar-refractivity contribution in [2.75, 3.05) is 7.11 Å². The second-order valence-electron chi connectivity index (χ2n) is 6.53. The molecule has 0 spiro atoms. The highest BCUT2D eigenvalue weighted by atomic mass is 16.5. The lowest BCUT2D eigenvalue weighted by Gasteiger charge is -2.32. The Morgan fingerprint density at radius 3 is 2.05 bits per heavy atom. The molecule has 2 N–H and O–H groups in total. The van der Waals surface area contributed by atoms with Crippen LogP contribution in [0.25, 0.3) is 0 Å². The molecule has 3 nitrogen and oxygen atoms in total. The summed E-state index contributed by atoms with van der Waals surface area (Å²) in [7, 11) is 1.67. The van der Waals surface area contributed by atoms with E-state index in [9.17, 15) is 5.11 Å². The molecule has 0 amide bonds. The molecule has 2 atom stereocenters. The summed E-state index contributed by atoms with van der Waals surface area (Å²) in [6.45, 7) is 12.5. The predicted octanol–water partition coefficient (Wildman–Crippen LogP) is 3.51. The van der Waals surface area contributed by atoms with E-state index in [1.807, 2.05) is 26.0 Å². The van der Waals surface area contributed by atoms with Gasteiger partial charge >= 0.3 is 0 Å². The molecule has 3 heteroatoms. The van der Waals surface area contributed by atoms with Crippen molar-refractivity contribution < 1.29 is 9.84 Å². The Morgan fingerprint density at radius 2 is 1.70 bits per heavy atom. The molecule has 0 bridgehead atoms. The van der Waals surface area contributed by atoms with Crippen molar-refractivity contribution in [2.45, 2.75) is 65.6 Å². The van der Waals surface area contributed by atoms with Gasteiger partial charge in [-0.15, -0.1) is 0 Å². The zero-order chi connectivity index (χ0) is 15.5. The van der Waals surface area contributed by atoms with E-state index in [2.05, 4.69) is 33.0 Å². The van der Waals surface area contributed by atoms with Crippen molar-refractivity contribution in [2.24, 2.45) is 0 Å². The van der Waals surface area contributed by atoms with Crippen LogP contribution in [0, 0.1) is 13.8 Å². The molecule has 1 aromatic rings. The molecule has 114 valence electrons. The number of nitrogens with one attached hydrogen (secondary N) is 1. The van der Waals surface area contributed by atoms with E-state index in [4.69, 9.17) is 4.74 Å². The predicted molar refractivity (Wildman–Crippen MR) is 84.4 cm³/mol. The Labute approximate surface area is 123 Å². The van der Waals surface area contributed by atoms with E-state index in [0.717, 1.165) is 28.9 Å². The van der Waals surface area contributed by atoms with E-state index >= 15 is 0 Å². The fraction of sp³-hybridized carbons (Fsp3) is 0.647. The number of aliphatic hydroxyl groups is 1. The molecule has 0 aromatic heterocycles. The second kappa shape index (κ2) is 6.59. The Morgan fingerprint density at radius 1 is 1.20 bits per heavy atom. The minimum Gasteiger partial charge on any atom is -0.497 e. The lowest BCUT2D eigenvalue weighted by Crippen LogP contribution is -2.46. The van der Waals surface area contributed by atoms with Crippen molar-refractivity contribution in [1.82, 2.24) is 5.32 Å². The number of hydrogen-bond donors (Lipinski definition) is 2. The van der Waals surface area contributed by atoms with Gasteiger partial charge in [-0.1, -0.05) is 6.92 Å². The standard InChI is InChI=1S/C17H29NO2/c1-8-14(18-17(4,5)6)16(19)15-11(2)9-13(20-7)10-12(15)3/h9-10,14,16,18-19H,8H2,1-7H3. The summed E-state index contributed by atoms with van der Waals surface area (Å²) in [6.07, 6.45) is 0.369. The number of benzene rings is 1. The summed E-state index contributed by atoms with van der Waals surface area (Å²) >= 11 is 0. The SMILES string of the molecule is CCC(NC(C)(C)C)C(O)c1c(C)cc(OC)cc1C. The molecule has 0 saturated carbocycles. The van der Waals surface area contributed by atoms with Gasteiger partial charge in [0, 0.05) is 11.6 Å². The average molecular weight is 279 g/mol. The van der Waals surface area contributed by atoms with E-state index in [0.29, 0.717) is 0 Å². The fourth-order valence-electron chi connectivity index (χ4n) is 2.68. The molecule has 20 heavy (non-hydrogen) atoms. The van der Waals surface area contributed by atoms with Crippen LogP contribution in [0.1, 0.15) is 56.9 Å². The molecule has 0 heterocycles. The summed E-state index contributed by atoms with van der Waals surface area (Å²) < 4.78 is 5.28. The number of aliphatic hydroxyl groups excluding tert-OH is 1. The van der Waals surface area contributed by atoms with Crippen LogP contribution in [0.4, 0.5) is 0 Å². The molecule has 0 aliphatic rings. The van der Waals surface area contributed by atoms with Crippen molar-refractivity contribution in [3.05, 3.63) is 28.8 Å². The molecule has 0 saturated heterocycles. The van der Waals surface area contributed by atoms with Gasteiger partial charge in [0.2, 0.25) is 0 Å². The Bertz CT molecular complexity index is 426. The van der Waals surface area contributed by atoms with Crippen molar-refractivity contribution >= 4 is 0 Å². The maximum absolute atomic E-state index is 10.8. The third kappa shape index (κ3) is 4.22. The van der Waals surface area contributed by atoms with Crippen LogP contribution in [0.3, 0.4) is 0 Å². The summed E-state index contributed by atoms with van der Waals surface area (Å²) in [6, 6.07) is 4.01. The molecule has 0 aliphatic carbocycles. The maximum atomic E-state index is 10.8. The highest BCUT2D eigenvalue weighted by Crippen LogP contribution is 2.30. The van der Waals surface area contributed by atoms with Gasteiger partial charge < -0.3 is 15.2 Å². The van der Waals surface area contributed by atoms with E-state index in [1.54, 1.807) is 7.11 Å². The summed E-state index contributed by atoms with van der Waals surface area (Å²) in [4.78, 5) is 0. The number of rotatable bonds is 5. The quantitative estimate of drug-likeness (QED) is 0.866. The first kappa shape index (κ1) is 17.0.